The zero-order valence-electron chi connectivity index (χ0n) is 15.8. The highest BCUT2D eigenvalue weighted by molar-refractivity contribution is 5.97. The van der Waals surface area contributed by atoms with Gasteiger partial charge in [-0.15, -0.1) is 0 Å². The second kappa shape index (κ2) is 7.52. The molecule has 0 unspecified atom stereocenters. The van der Waals surface area contributed by atoms with E-state index in [0.717, 1.165) is 22.3 Å². The van der Waals surface area contributed by atoms with Crippen LogP contribution in [0.25, 0.3) is 12.2 Å². The molecule has 0 spiro atoms. The lowest BCUT2D eigenvalue weighted by molar-refractivity contribution is 0.0983. The first-order valence-electron chi connectivity index (χ1n) is 8.80. The number of rotatable bonds is 5. The summed E-state index contributed by atoms with van der Waals surface area (Å²) in [5.41, 5.74) is 7.42. The van der Waals surface area contributed by atoms with Gasteiger partial charge in [-0.25, -0.2) is 0 Å². The molecular formula is C23H24N2O. The molecule has 0 aliphatic heterocycles. The Balaban J connectivity index is 1.78. The van der Waals surface area contributed by atoms with Crippen molar-refractivity contribution < 1.29 is 4.79 Å². The van der Waals surface area contributed by atoms with Crippen molar-refractivity contribution in [3.63, 3.8) is 0 Å². The Bertz CT molecular complexity index is 960. The molecule has 0 atom stereocenters. The second-order valence-electron chi connectivity index (χ2n) is 6.78. The zero-order valence-corrected chi connectivity index (χ0v) is 15.8. The minimum Gasteiger partial charge on any atom is -0.292 e. The first-order valence-corrected chi connectivity index (χ1v) is 8.80. The average Bonchev–Trinajstić information content (AvgIpc) is 2.95. The molecule has 0 aliphatic rings. The van der Waals surface area contributed by atoms with Crippen LogP contribution in [0.4, 0.5) is 0 Å². The van der Waals surface area contributed by atoms with Gasteiger partial charge in [-0.3, -0.25) is 9.48 Å². The Hall–Kier alpha value is -2.94. The van der Waals surface area contributed by atoms with Crippen LogP contribution in [0.3, 0.4) is 0 Å². The summed E-state index contributed by atoms with van der Waals surface area (Å²) < 4.78 is 1.66. The lowest BCUT2D eigenvalue weighted by Crippen LogP contribution is -2.11. The van der Waals surface area contributed by atoms with E-state index in [2.05, 4.69) is 61.4 Å². The first kappa shape index (κ1) is 17.9. The molecule has 0 saturated carbocycles. The highest BCUT2D eigenvalue weighted by atomic mass is 16.1. The lowest BCUT2D eigenvalue weighted by atomic mass is 9.98. The molecule has 3 aromatic rings. The number of carbonyl (C=O) groups excluding carboxylic acids is 1. The van der Waals surface area contributed by atoms with Crippen molar-refractivity contribution in [3.05, 3.63) is 87.7 Å². The molecule has 0 N–H and O–H groups in total. The van der Waals surface area contributed by atoms with Gasteiger partial charge in [-0.1, -0.05) is 54.6 Å². The summed E-state index contributed by atoms with van der Waals surface area (Å²) in [7, 11) is 1.81. The molecule has 0 bridgehead atoms. The Labute approximate surface area is 155 Å². The van der Waals surface area contributed by atoms with Crippen molar-refractivity contribution in [2.24, 2.45) is 7.05 Å². The van der Waals surface area contributed by atoms with Gasteiger partial charge in [0.15, 0.2) is 5.78 Å². The van der Waals surface area contributed by atoms with Crippen molar-refractivity contribution in [1.82, 2.24) is 9.78 Å². The fourth-order valence-corrected chi connectivity index (χ4v) is 3.19. The monoisotopic (exact) mass is 344 g/mol. The van der Waals surface area contributed by atoms with Gasteiger partial charge in [0.2, 0.25) is 0 Å². The number of Topliss-reactive ketones (excluding diaryl/α,β-unsaturated/α-hetero) is 1. The third-order valence-corrected chi connectivity index (χ3v) is 4.75. The van der Waals surface area contributed by atoms with E-state index in [1.807, 2.05) is 26.1 Å². The molecular weight excluding hydrogens is 320 g/mol. The highest BCUT2D eigenvalue weighted by Gasteiger charge is 2.15. The Kier molecular flexibility index (Phi) is 5.17. The van der Waals surface area contributed by atoms with Crippen molar-refractivity contribution in [1.29, 1.82) is 0 Å². The van der Waals surface area contributed by atoms with E-state index in [9.17, 15) is 4.79 Å². The lowest BCUT2D eigenvalue weighted by Gasteiger charge is -2.08. The maximum absolute atomic E-state index is 12.6. The molecule has 0 saturated heterocycles. The molecule has 2 aromatic carbocycles. The van der Waals surface area contributed by atoms with Crippen LogP contribution in [0.2, 0.25) is 0 Å². The van der Waals surface area contributed by atoms with Crippen LogP contribution in [0.5, 0.6) is 0 Å². The number of hydrogen-bond acceptors (Lipinski definition) is 2. The minimum atomic E-state index is 0.105. The number of hydrogen-bond donors (Lipinski definition) is 0. The zero-order chi connectivity index (χ0) is 18.7. The molecule has 1 heterocycles. The number of carbonyl (C=O) groups is 1. The Morgan fingerprint density at radius 2 is 1.77 bits per heavy atom. The fraction of sp³-hybridized carbons (Fsp3) is 0.217. The number of ketones is 1. The molecule has 0 fully saturated rings. The van der Waals surface area contributed by atoms with Gasteiger partial charge in [-0.2, -0.15) is 5.10 Å². The number of nitrogens with zero attached hydrogens (tertiary/aromatic N) is 2. The van der Waals surface area contributed by atoms with Gasteiger partial charge in [-0.05, 0) is 54.2 Å². The Morgan fingerprint density at radius 3 is 2.42 bits per heavy atom. The molecule has 3 rings (SSSR count). The van der Waals surface area contributed by atoms with Crippen LogP contribution in [-0.2, 0) is 13.5 Å². The summed E-state index contributed by atoms with van der Waals surface area (Å²) >= 11 is 0. The predicted octanol–water partition coefficient (Wildman–Crippen LogP) is 4.94. The first-order chi connectivity index (χ1) is 12.5. The van der Waals surface area contributed by atoms with Crippen LogP contribution in [0.15, 0.2) is 48.7 Å². The second-order valence-corrected chi connectivity index (χ2v) is 6.78. The van der Waals surface area contributed by atoms with E-state index in [-0.39, 0.29) is 5.78 Å². The largest absolute Gasteiger partial charge is 0.292 e. The molecule has 1 aromatic heterocycles. The number of benzene rings is 2. The topological polar surface area (TPSA) is 34.9 Å². The number of aromatic nitrogens is 2. The van der Waals surface area contributed by atoms with Gasteiger partial charge in [0.25, 0.3) is 0 Å². The summed E-state index contributed by atoms with van der Waals surface area (Å²) in [6.07, 6.45) is 6.38. The minimum absolute atomic E-state index is 0.105. The molecule has 132 valence electrons. The van der Waals surface area contributed by atoms with E-state index in [0.29, 0.717) is 12.1 Å². The maximum atomic E-state index is 12.6. The highest BCUT2D eigenvalue weighted by Crippen LogP contribution is 2.18. The summed E-state index contributed by atoms with van der Waals surface area (Å²) in [4.78, 5) is 12.6. The number of aryl methyl sites for hydroxylation is 4. The van der Waals surface area contributed by atoms with Gasteiger partial charge in [0.1, 0.15) is 5.69 Å². The smallest absolute Gasteiger partial charge is 0.185 e. The fourth-order valence-electron chi connectivity index (χ4n) is 3.19. The molecule has 0 radical (unpaired) electrons. The van der Waals surface area contributed by atoms with Crippen molar-refractivity contribution in [3.8, 4) is 0 Å². The van der Waals surface area contributed by atoms with E-state index >= 15 is 0 Å². The summed E-state index contributed by atoms with van der Waals surface area (Å²) in [6, 6.07) is 14.6. The molecule has 26 heavy (non-hydrogen) atoms. The third-order valence-electron chi connectivity index (χ3n) is 4.75. The summed E-state index contributed by atoms with van der Waals surface area (Å²) in [5.74, 6) is 0.105. The van der Waals surface area contributed by atoms with Crippen molar-refractivity contribution in [2.45, 2.75) is 27.2 Å². The average molecular weight is 344 g/mol. The predicted molar refractivity (Wildman–Crippen MR) is 107 cm³/mol. The summed E-state index contributed by atoms with van der Waals surface area (Å²) in [6.45, 7) is 6.09. The molecule has 0 amide bonds. The van der Waals surface area contributed by atoms with E-state index in [1.165, 1.54) is 11.1 Å². The van der Waals surface area contributed by atoms with Gasteiger partial charge in [0, 0.05) is 13.5 Å². The van der Waals surface area contributed by atoms with Gasteiger partial charge < -0.3 is 0 Å². The van der Waals surface area contributed by atoms with Crippen LogP contribution < -0.4 is 0 Å². The van der Waals surface area contributed by atoms with Crippen LogP contribution in [0, 0.1) is 20.8 Å². The van der Waals surface area contributed by atoms with Crippen LogP contribution >= 0.6 is 0 Å². The van der Waals surface area contributed by atoms with Crippen LogP contribution in [-0.4, -0.2) is 15.6 Å². The Morgan fingerprint density at radius 1 is 1.00 bits per heavy atom. The quantitative estimate of drug-likeness (QED) is 0.485. The van der Waals surface area contributed by atoms with E-state index in [1.54, 1.807) is 10.9 Å². The summed E-state index contributed by atoms with van der Waals surface area (Å²) in [5, 5.41) is 4.16. The molecule has 3 nitrogen and oxygen atoms in total. The normalized spacial score (nSPS) is 11.2. The van der Waals surface area contributed by atoms with Gasteiger partial charge in [0.05, 0.1) is 6.20 Å². The van der Waals surface area contributed by atoms with Crippen molar-refractivity contribution in [2.75, 3.05) is 0 Å². The SMILES string of the molecule is Cc1ccccc1/C=C/c1ccc(CC(=O)c2c(C)cnn2C)c(C)c1. The van der Waals surface area contributed by atoms with Crippen LogP contribution in [0.1, 0.15) is 43.9 Å². The molecule has 0 aliphatic carbocycles. The maximum Gasteiger partial charge on any atom is 0.185 e. The third kappa shape index (κ3) is 3.83. The van der Waals surface area contributed by atoms with Crippen molar-refractivity contribution >= 4 is 17.9 Å². The standard InChI is InChI=1S/C23H24N2O/c1-16-7-5-6-8-20(16)11-9-19-10-12-21(17(2)13-19)14-22(26)23-18(3)15-24-25(23)4/h5-13,15H,14H2,1-4H3/b11-9+. The van der Waals surface area contributed by atoms with Gasteiger partial charge >= 0.3 is 0 Å². The molecule has 3 heteroatoms. The van der Waals surface area contributed by atoms with E-state index < -0.39 is 0 Å². The van der Waals surface area contributed by atoms with E-state index in [4.69, 9.17) is 0 Å².